The van der Waals surface area contributed by atoms with Gasteiger partial charge in [-0.15, -0.1) is 0 Å². The van der Waals surface area contributed by atoms with Crippen LogP contribution in [0.5, 0.6) is 0 Å². The van der Waals surface area contributed by atoms with Crippen LogP contribution < -0.4 is 11.5 Å². The summed E-state index contributed by atoms with van der Waals surface area (Å²) >= 11 is 0. The molecule has 0 bridgehead atoms. The summed E-state index contributed by atoms with van der Waals surface area (Å²) in [5.74, 6) is -4.32. The van der Waals surface area contributed by atoms with Crippen molar-refractivity contribution in [2.75, 3.05) is 11.5 Å². The maximum absolute atomic E-state index is 12.8. The molecule has 0 radical (unpaired) electrons. The van der Waals surface area contributed by atoms with Crippen LogP contribution in [0.15, 0.2) is 12.1 Å². The summed E-state index contributed by atoms with van der Waals surface area (Å²) in [6, 6.07) is 0.491. The lowest BCUT2D eigenvalue weighted by Crippen LogP contribution is -2.36. The molecule has 11 heteroatoms. The molecule has 0 spiro atoms. The van der Waals surface area contributed by atoms with E-state index in [0.29, 0.717) is 6.07 Å². The third-order valence-corrected chi connectivity index (χ3v) is 2.56. The predicted molar refractivity (Wildman–Crippen MR) is 55.1 cm³/mol. The smallest absolute Gasteiger partial charge is 0.397 e. The van der Waals surface area contributed by atoms with Crippen molar-refractivity contribution in [3.63, 3.8) is 0 Å². The van der Waals surface area contributed by atoms with E-state index in [0.717, 1.165) is 0 Å². The number of nitrogen functional groups attached to an aromatic ring is 2. The Morgan fingerprint density at radius 1 is 0.762 bits per heavy atom. The van der Waals surface area contributed by atoms with E-state index in [1.54, 1.807) is 0 Å². The minimum Gasteiger partial charge on any atom is -0.397 e. The van der Waals surface area contributed by atoms with Crippen LogP contribution in [0.3, 0.4) is 0 Å². The number of nitrogens with two attached hydrogens (primary N) is 2. The number of hydrogen-bond donors (Lipinski definition) is 2. The molecule has 0 unspecified atom stereocenters. The second-order valence-electron chi connectivity index (χ2n) is 4.05. The average molecular weight is 326 g/mol. The number of halogens is 9. The van der Waals surface area contributed by atoms with E-state index in [4.69, 9.17) is 11.5 Å². The standard InChI is InChI=1S/C10H7F9N2/c11-8(12,13)5-3(1-2-4(20)6(5)21)7(9(14,15)16)10(17,18)19/h1-2,7H,20-21H2. The van der Waals surface area contributed by atoms with Crippen molar-refractivity contribution < 1.29 is 39.5 Å². The SMILES string of the molecule is Nc1ccc(C(C(F)(F)F)C(F)(F)F)c(C(F)(F)F)c1N. The fourth-order valence-corrected chi connectivity index (χ4v) is 1.75. The van der Waals surface area contributed by atoms with Crippen molar-refractivity contribution in [3.8, 4) is 0 Å². The first-order valence-corrected chi connectivity index (χ1v) is 5.05. The van der Waals surface area contributed by atoms with E-state index in [1.807, 2.05) is 0 Å². The number of benzene rings is 1. The van der Waals surface area contributed by atoms with Crippen molar-refractivity contribution in [2.24, 2.45) is 0 Å². The zero-order chi connectivity index (χ0) is 16.8. The van der Waals surface area contributed by atoms with Gasteiger partial charge in [-0.3, -0.25) is 0 Å². The van der Waals surface area contributed by atoms with Gasteiger partial charge in [-0.05, 0) is 11.6 Å². The Balaban J connectivity index is 3.73. The largest absolute Gasteiger partial charge is 0.418 e. The minimum absolute atomic E-state index is 0.0279. The molecule has 1 rings (SSSR count). The maximum Gasteiger partial charge on any atom is 0.418 e. The molecule has 0 atom stereocenters. The molecule has 1 aromatic carbocycles. The summed E-state index contributed by atoms with van der Waals surface area (Å²) < 4.78 is 114. The Hall–Kier alpha value is -1.81. The van der Waals surface area contributed by atoms with Gasteiger partial charge in [-0.2, -0.15) is 39.5 Å². The van der Waals surface area contributed by atoms with Gasteiger partial charge in [0.05, 0.1) is 16.9 Å². The Morgan fingerprint density at radius 3 is 1.52 bits per heavy atom. The van der Waals surface area contributed by atoms with Crippen LogP contribution in [0.1, 0.15) is 17.0 Å². The molecule has 0 aliphatic carbocycles. The Kier molecular flexibility index (Phi) is 4.01. The van der Waals surface area contributed by atoms with Crippen LogP contribution >= 0.6 is 0 Å². The van der Waals surface area contributed by atoms with Gasteiger partial charge in [-0.25, -0.2) is 0 Å². The number of alkyl halides is 9. The Morgan fingerprint density at radius 2 is 1.19 bits per heavy atom. The van der Waals surface area contributed by atoms with Crippen molar-refractivity contribution in [2.45, 2.75) is 24.4 Å². The number of anilines is 2. The normalized spacial score (nSPS) is 13.8. The van der Waals surface area contributed by atoms with Gasteiger partial charge < -0.3 is 11.5 Å². The van der Waals surface area contributed by atoms with Gasteiger partial charge in [0.1, 0.15) is 0 Å². The molecule has 21 heavy (non-hydrogen) atoms. The highest BCUT2D eigenvalue weighted by Crippen LogP contribution is 2.51. The molecule has 120 valence electrons. The molecule has 0 saturated carbocycles. The second-order valence-corrected chi connectivity index (χ2v) is 4.05. The third-order valence-electron chi connectivity index (χ3n) is 2.56. The summed E-state index contributed by atoms with van der Waals surface area (Å²) in [4.78, 5) is 0. The summed E-state index contributed by atoms with van der Waals surface area (Å²) in [6.07, 6.45) is -17.5. The van der Waals surface area contributed by atoms with Gasteiger partial charge in [0, 0.05) is 0 Å². The first kappa shape index (κ1) is 17.2. The Labute approximate surface area is 111 Å². The first-order valence-electron chi connectivity index (χ1n) is 5.05. The fourth-order valence-electron chi connectivity index (χ4n) is 1.75. The van der Waals surface area contributed by atoms with E-state index >= 15 is 0 Å². The molecule has 0 aliphatic heterocycles. The number of rotatable bonds is 1. The lowest BCUT2D eigenvalue weighted by Gasteiger charge is -2.27. The third kappa shape index (κ3) is 3.45. The maximum atomic E-state index is 12.8. The molecule has 0 heterocycles. The molecular weight excluding hydrogens is 319 g/mol. The fraction of sp³-hybridized carbons (Fsp3) is 0.400. The van der Waals surface area contributed by atoms with Gasteiger partial charge in [0.2, 0.25) is 0 Å². The van der Waals surface area contributed by atoms with Crippen molar-refractivity contribution in [1.82, 2.24) is 0 Å². The van der Waals surface area contributed by atoms with Crippen LogP contribution in [-0.2, 0) is 6.18 Å². The highest BCUT2D eigenvalue weighted by atomic mass is 19.4. The summed E-state index contributed by atoms with van der Waals surface area (Å²) in [7, 11) is 0. The lowest BCUT2D eigenvalue weighted by atomic mass is 9.91. The van der Waals surface area contributed by atoms with Gasteiger partial charge in [0.15, 0.2) is 5.92 Å². The monoisotopic (exact) mass is 326 g/mol. The second kappa shape index (κ2) is 4.88. The predicted octanol–water partition coefficient (Wildman–Crippen LogP) is 4.08. The van der Waals surface area contributed by atoms with Gasteiger partial charge in [0.25, 0.3) is 0 Å². The highest BCUT2D eigenvalue weighted by Gasteiger charge is 2.59. The molecule has 0 fully saturated rings. The van der Waals surface area contributed by atoms with E-state index in [9.17, 15) is 39.5 Å². The minimum atomic E-state index is -5.97. The highest BCUT2D eigenvalue weighted by molar-refractivity contribution is 5.70. The summed E-state index contributed by atoms with van der Waals surface area (Å²) in [6.45, 7) is 0. The molecular formula is C10H7F9N2. The zero-order valence-corrected chi connectivity index (χ0v) is 9.79. The molecule has 4 N–H and O–H groups in total. The molecule has 0 saturated heterocycles. The van der Waals surface area contributed by atoms with Crippen LogP contribution in [-0.4, -0.2) is 12.4 Å². The average Bonchev–Trinajstić information content (AvgIpc) is 2.17. The molecule has 0 amide bonds. The van der Waals surface area contributed by atoms with Gasteiger partial charge in [-0.1, -0.05) is 6.07 Å². The number of hydrogen-bond acceptors (Lipinski definition) is 2. The van der Waals surface area contributed by atoms with E-state index in [-0.39, 0.29) is 6.07 Å². The summed E-state index contributed by atoms with van der Waals surface area (Å²) in [5.41, 5.74) is 3.52. The lowest BCUT2D eigenvalue weighted by molar-refractivity contribution is -0.254. The van der Waals surface area contributed by atoms with Crippen LogP contribution in [0.25, 0.3) is 0 Å². The summed E-state index contributed by atoms with van der Waals surface area (Å²) in [5, 5.41) is 0. The van der Waals surface area contributed by atoms with E-state index < -0.39 is 46.9 Å². The first-order chi connectivity index (χ1) is 9.17. The van der Waals surface area contributed by atoms with Crippen molar-refractivity contribution in [3.05, 3.63) is 23.3 Å². The molecule has 1 aromatic rings. The van der Waals surface area contributed by atoms with E-state index in [2.05, 4.69) is 0 Å². The Bertz CT molecular complexity index is 513. The molecule has 2 nitrogen and oxygen atoms in total. The topological polar surface area (TPSA) is 52.0 Å². The zero-order valence-electron chi connectivity index (χ0n) is 9.79. The van der Waals surface area contributed by atoms with Crippen LogP contribution in [0.2, 0.25) is 0 Å². The molecule has 0 aromatic heterocycles. The van der Waals surface area contributed by atoms with Crippen molar-refractivity contribution in [1.29, 1.82) is 0 Å². The van der Waals surface area contributed by atoms with Crippen molar-refractivity contribution >= 4 is 11.4 Å². The quantitative estimate of drug-likeness (QED) is 0.603. The van der Waals surface area contributed by atoms with Crippen LogP contribution in [0, 0.1) is 0 Å². The van der Waals surface area contributed by atoms with Crippen LogP contribution in [0.4, 0.5) is 50.9 Å². The van der Waals surface area contributed by atoms with Gasteiger partial charge >= 0.3 is 18.5 Å². The molecule has 0 aliphatic rings. The van der Waals surface area contributed by atoms with E-state index in [1.165, 1.54) is 0 Å².